The van der Waals surface area contributed by atoms with E-state index in [1.54, 1.807) is 18.0 Å². The van der Waals surface area contributed by atoms with Crippen LogP contribution < -0.4 is 4.90 Å². The van der Waals surface area contributed by atoms with Crippen molar-refractivity contribution in [1.29, 1.82) is 0 Å². The Bertz CT molecular complexity index is 907. The number of pyridine rings is 1. The first-order valence-electron chi connectivity index (χ1n) is 7.73. The van der Waals surface area contributed by atoms with Gasteiger partial charge in [0.25, 0.3) is 0 Å². The minimum atomic E-state index is -0.0929. The maximum Gasteiger partial charge on any atom is 0.241 e. The van der Waals surface area contributed by atoms with E-state index in [2.05, 4.69) is 11.1 Å². The number of carbonyl (C=O) groups is 1. The van der Waals surface area contributed by atoms with Crippen molar-refractivity contribution in [3.05, 3.63) is 71.4 Å². The van der Waals surface area contributed by atoms with Crippen LogP contribution in [0.15, 0.2) is 60.8 Å². The summed E-state index contributed by atoms with van der Waals surface area (Å²) in [6.07, 6.45) is 1.79. The van der Waals surface area contributed by atoms with Crippen molar-refractivity contribution in [2.24, 2.45) is 0 Å². The molecule has 1 saturated heterocycles. The smallest absolute Gasteiger partial charge is 0.241 e. The van der Waals surface area contributed by atoms with Crippen molar-refractivity contribution in [3.8, 4) is 0 Å². The fourth-order valence-corrected chi connectivity index (χ4v) is 4.45. The van der Waals surface area contributed by atoms with Crippen LogP contribution in [0.3, 0.4) is 0 Å². The molecule has 3 aromatic rings. The minimum Gasteiger partial charge on any atom is -0.295 e. The summed E-state index contributed by atoms with van der Waals surface area (Å²) in [7, 11) is 0. The largest absolute Gasteiger partial charge is 0.295 e. The Balaban J connectivity index is 1.85. The molecule has 1 aliphatic heterocycles. The van der Waals surface area contributed by atoms with Gasteiger partial charge in [0.15, 0.2) is 0 Å². The zero-order valence-corrected chi connectivity index (χ0v) is 14.6. The van der Waals surface area contributed by atoms with Crippen molar-refractivity contribution in [2.75, 3.05) is 4.90 Å². The molecule has 0 bridgehead atoms. The fourth-order valence-electron chi connectivity index (χ4n) is 3.03. The lowest BCUT2D eigenvalue weighted by atomic mass is 10.1. The van der Waals surface area contributed by atoms with Gasteiger partial charge in [0, 0.05) is 27.9 Å². The van der Waals surface area contributed by atoms with Crippen molar-refractivity contribution in [2.45, 2.75) is 17.5 Å². The summed E-state index contributed by atoms with van der Waals surface area (Å²) in [4.78, 5) is 19.2. The molecule has 120 valence electrons. The van der Waals surface area contributed by atoms with Gasteiger partial charge in [0.05, 0.1) is 10.8 Å². The molecule has 0 spiro atoms. The summed E-state index contributed by atoms with van der Waals surface area (Å²) in [5.41, 5.74) is 2.86. The SMILES string of the molecule is CC1SC(c2cccc3cccnc23)N(c2ccc(Cl)cc2)C1=O. The van der Waals surface area contributed by atoms with Crippen LogP contribution in [0.25, 0.3) is 10.9 Å². The van der Waals surface area contributed by atoms with Crippen LogP contribution in [0.5, 0.6) is 0 Å². The van der Waals surface area contributed by atoms with E-state index in [0.29, 0.717) is 5.02 Å². The number of halogens is 1. The van der Waals surface area contributed by atoms with E-state index in [9.17, 15) is 4.79 Å². The topological polar surface area (TPSA) is 33.2 Å². The van der Waals surface area contributed by atoms with E-state index in [-0.39, 0.29) is 16.5 Å². The van der Waals surface area contributed by atoms with Crippen LogP contribution in [-0.4, -0.2) is 16.1 Å². The Morgan fingerprint density at radius 1 is 1.08 bits per heavy atom. The molecule has 1 aliphatic rings. The molecule has 0 aliphatic carbocycles. The molecule has 0 radical (unpaired) electrons. The van der Waals surface area contributed by atoms with Crippen molar-refractivity contribution < 1.29 is 4.79 Å². The van der Waals surface area contributed by atoms with Crippen LogP contribution in [0, 0.1) is 0 Å². The first-order valence-corrected chi connectivity index (χ1v) is 9.05. The van der Waals surface area contributed by atoms with E-state index >= 15 is 0 Å². The lowest BCUT2D eigenvalue weighted by Crippen LogP contribution is -2.30. The van der Waals surface area contributed by atoms with Crippen molar-refractivity contribution >= 4 is 45.9 Å². The van der Waals surface area contributed by atoms with Gasteiger partial charge in [-0.3, -0.25) is 14.7 Å². The highest BCUT2D eigenvalue weighted by Gasteiger charge is 2.40. The summed E-state index contributed by atoms with van der Waals surface area (Å²) in [6.45, 7) is 1.95. The lowest BCUT2D eigenvalue weighted by Gasteiger charge is -2.25. The first-order chi connectivity index (χ1) is 11.6. The van der Waals surface area contributed by atoms with E-state index in [0.717, 1.165) is 22.2 Å². The third-order valence-corrected chi connectivity index (χ3v) is 5.77. The summed E-state index contributed by atoms with van der Waals surface area (Å²) >= 11 is 7.65. The summed E-state index contributed by atoms with van der Waals surface area (Å²) in [5, 5.41) is 1.56. The number of hydrogen-bond acceptors (Lipinski definition) is 3. The number of benzene rings is 2. The second-order valence-electron chi connectivity index (χ2n) is 5.74. The average molecular weight is 355 g/mol. The molecule has 0 saturated carbocycles. The zero-order valence-electron chi connectivity index (χ0n) is 13.0. The second-order valence-corrected chi connectivity index (χ2v) is 7.60. The number of fused-ring (bicyclic) bond motifs is 1. The Morgan fingerprint density at radius 3 is 2.62 bits per heavy atom. The minimum absolute atomic E-state index is 0.0905. The predicted octanol–water partition coefficient (Wildman–Crippen LogP) is 5.06. The van der Waals surface area contributed by atoms with E-state index in [1.807, 2.05) is 60.4 Å². The van der Waals surface area contributed by atoms with Gasteiger partial charge in [-0.15, -0.1) is 11.8 Å². The molecule has 2 unspecified atom stereocenters. The molecule has 0 N–H and O–H groups in total. The standard InChI is InChI=1S/C19H15ClN2OS/c1-12-18(23)22(15-9-7-14(20)8-10-15)19(24-12)16-6-2-4-13-5-3-11-21-17(13)16/h2-12,19H,1H3. The highest BCUT2D eigenvalue weighted by Crippen LogP contribution is 2.46. The van der Waals surface area contributed by atoms with Crippen molar-refractivity contribution in [1.82, 2.24) is 4.98 Å². The number of amides is 1. The molecule has 24 heavy (non-hydrogen) atoms. The van der Waals surface area contributed by atoms with Crippen LogP contribution >= 0.6 is 23.4 Å². The molecule has 5 heteroatoms. The van der Waals surface area contributed by atoms with Gasteiger partial charge in [0.1, 0.15) is 5.37 Å². The third-order valence-electron chi connectivity index (χ3n) is 4.19. The average Bonchev–Trinajstić information content (AvgIpc) is 2.90. The first kappa shape index (κ1) is 15.5. The summed E-state index contributed by atoms with van der Waals surface area (Å²) < 4.78 is 0. The van der Waals surface area contributed by atoms with Gasteiger partial charge in [-0.1, -0.05) is 35.9 Å². The normalized spacial score (nSPS) is 20.8. The Hall–Kier alpha value is -2.04. The number of carbonyl (C=O) groups excluding carboxylic acids is 1. The fraction of sp³-hybridized carbons (Fsp3) is 0.158. The van der Waals surface area contributed by atoms with Crippen LogP contribution in [0.1, 0.15) is 17.9 Å². The molecule has 2 aromatic carbocycles. The predicted molar refractivity (Wildman–Crippen MR) is 100 cm³/mol. The summed E-state index contributed by atoms with van der Waals surface area (Å²) in [5.74, 6) is 0.111. The van der Waals surface area contributed by atoms with Gasteiger partial charge < -0.3 is 0 Å². The van der Waals surface area contributed by atoms with Crippen LogP contribution in [-0.2, 0) is 4.79 Å². The van der Waals surface area contributed by atoms with E-state index in [1.165, 1.54) is 0 Å². The molecule has 4 rings (SSSR count). The van der Waals surface area contributed by atoms with Gasteiger partial charge in [0.2, 0.25) is 5.91 Å². The Morgan fingerprint density at radius 2 is 1.83 bits per heavy atom. The number of para-hydroxylation sites is 1. The molecule has 1 fully saturated rings. The quantitative estimate of drug-likeness (QED) is 0.645. The van der Waals surface area contributed by atoms with Gasteiger partial charge in [-0.05, 0) is 37.3 Å². The lowest BCUT2D eigenvalue weighted by molar-refractivity contribution is -0.117. The second kappa shape index (κ2) is 6.11. The number of thioether (sulfide) groups is 1. The third kappa shape index (κ3) is 2.56. The Kier molecular flexibility index (Phi) is 3.94. The van der Waals surface area contributed by atoms with E-state index in [4.69, 9.17) is 11.6 Å². The maximum atomic E-state index is 12.8. The maximum absolute atomic E-state index is 12.8. The highest BCUT2D eigenvalue weighted by atomic mass is 35.5. The molecule has 3 nitrogen and oxygen atoms in total. The Labute approximate surface area is 149 Å². The molecule has 1 amide bonds. The van der Waals surface area contributed by atoms with Gasteiger partial charge in [-0.2, -0.15) is 0 Å². The zero-order chi connectivity index (χ0) is 16.7. The number of aromatic nitrogens is 1. The number of hydrogen-bond donors (Lipinski definition) is 0. The molecule has 1 aromatic heterocycles. The monoisotopic (exact) mass is 354 g/mol. The highest BCUT2D eigenvalue weighted by molar-refractivity contribution is 8.01. The molecule has 2 atom stereocenters. The molecular weight excluding hydrogens is 340 g/mol. The number of rotatable bonds is 2. The van der Waals surface area contributed by atoms with Gasteiger partial charge in [-0.25, -0.2) is 0 Å². The molecular formula is C19H15ClN2OS. The molecule has 2 heterocycles. The summed E-state index contributed by atoms with van der Waals surface area (Å²) in [6, 6.07) is 17.5. The van der Waals surface area contributed by atoms with E-state index < -0.39 is 0 Å². The van der Waals surface area contributed by atoms with Gasteiger partial charge >= 0.3 is 0 Å². The van der Waals surface area contributed by atoms with Crippen LogP contribution in [0.4, 0.5) is 5.69 Å². The number of anilines is 1. The number of nitrogens with zero attached hydrogens (tertiary/aromatic N) is 2. The van der Waals surface area contributed by atoms with Crippen LogP contribution in [0.2, 0.25) is 5.02 Å². The van der Waals surface area contributed by atoms with Crippen molar-refractivity contribution in [3.63, 3.8) is 0 Å².